The zero-order valence-corrected chi connectivity index (χ0v) is 14.8. The van der Waals surface area contributed by atoms with Gasteiger partial charge in [0, 0.05) is 0 Å². The highest BCUT2D eigenvalue weighted by atomic mass is 32.2. The van der Waals surface area contributed by atoms with Crippen LogP contribution in [0.1, 0.15) is 44.9 Å². The second-order valence-electron chi connectivity index (χ2n) is 3.63. The Labute approximate surface area is 135 Å². The number of rotatable bonds is 3. The van der Waals surface area contributed by atoms with E-state index in [9.17, 15) is 4.21 Å². The van der Waals surface area contributed by atoms with Gasteiger partial charge < -0.3 is 4.18 Å². The molecule has 0 saturated carbocycles. The van der Waals surface area contributed by atoms with Gasteiger partial charge in [-0.05, 0) is 26.0 Å². The standard InChI is InChI=1S/C12H11N3O2S.2C2H6/c1-9-10(2)15(12(8-13)14-9)18(16)17-11-6-4-3-5-7-11;2*1-2/h3-7H,1-2H3;2*1-2H3. The predicted molar refractivity (Wildman–Crippen MR) is 89.7 cm³/mol. The molecule has 1 unspecified atom stereocenters. The van der Waals surface area contributed by atoms with Crippen LogP contribution in [0, 0.1) is 25.2 Å². The summed E-state index contributed by atoms with van der Waals surface area (Å²) in [5, 5.41) is 8.95. The van der Waals surface area contributed by atoms with Gasteiger partial charge in [-0.15, -0.1) is 0 Å². The molecule has 120 valence electrons. The molecule has 0 aliphatic heterocycles. The van der Waals surface area contributed by atoms with Crippen LogP contribution in [0.2, 0.25) is 0 Å². The molecule has 0 spiro atoms. The van der Waals surface area contributed by atoms with E-state index in [1.54, 1.807) is 38.1 Å². The lowest BCUT2D eigenvalue weighted by Gasteiger charge is -2.07. The fraction of sp³-hybridized carbons (Fsp3) is 0.375. The maximum atomic E-state index is 12.1. The second kappa shape index (κ2) is 10.6. The van der Waals surface area contributed by atoms with E-state index in [2.05, 4.69) is 4.98 Å². The van der Waals surface area contributed by atoms with E-state index in [-0.39, 0.29) is 5.82 Å². The highest BCUT2D eigenvalue weighted by molar-refractivity contribution is 7.79. The molecule has 22 heavy (non-hydrogen) atoms. The van der Waals surface area contributed by atoms with E-state index in [0.717, 1.165) is 0 Å². The van der Waals surface area contributed by atoms with Gasteiger partial charge in [0.1, 0.15) is 11.8 Å². The maximum Gasteiger partial charge on any atom is 0.325 e. The Morgan fingerprint density at radius 2 is 1.68 bits per heavy atom. The van der Waals surface area contributed by atoms with Gasteiger partial charge in [-0.1, -0.05) is 45.9 Å². The van der Waals surface area contributed by atoms with E-state index in [4.69, 9.17) is 9.44 Å². The average Bonchev–Trinajstić information content (AvgIpc) is 2.87. The summed E-state index contributed by atoms with van der Waals surface area (Å²) in [6.45, 7) is 11.5. The summed E-state index contributed by atoms with van der Waals surface area (Å²) in [7, 11) is 0. The van der Waals surface area contributed by atoms with Gasteiger partial charge in [0.15, 0.2) is 0 Å². The fourth-order valence-electron chi connectivity index (χ4n) is 1.44. The summed E-state index contributed by atoms with van der Waals surface area (Å²) in [5.41, 5.74) is 1.32. The lowest BCUT2D eigenvalue weighted by Crippen LogP contribution is -2.14. The van der Waals surface area contributed by atoms with Gasteiger partial charge in [0.2, 0.25) is 5.82 Å². The van der Waals surface area contributed by atoms with Crippen LogP contribution in [-0.4, -0.2) is 13.2 Å². The first kappa shape index (κ1) is 19.9. The largest absolute Gasteiger partial charge is 0.385 e. The highest BCUT2D eigenvalue weighted by Gasteiger charge is 2.17. The van der Waals surface area contributed by atoms with E-state index in [1.807, 2.05) is 39.8 Å². The Hall–Kier alpha value is -2.13. The van der Waals surface area contributed by atoms with Crippen molar-refractivity contribution in [1.82, 2.24) is 8.96 Å². The van der Waals surface area contributed by atoms with Crippen LogP contribution >= 0.6 is 0 Å². The zero-order chi connectivity index (χ0) is 17.1. The molecular weight excluding hydrogens is 298 g/mol. The van der Waals surface area contributed by atoms with Crippen molar-refractivity contribution < 1.29 is 8.39 Å². The van der Waals surface area contributed by atoms with Gasteiger partial charge in [-0.3, -0.25) is 0 Å². The van der Waals surface area contributed by atoms with Crippen LogP contribution < -0.4 is 4.18 Å². The third kappa shape index (κ3) is 5.01. The van der Waals surface area contributed by atoms with Gasteiger partial charge in [-0.2, -0.15) is 9.47 Å². The molecule has 0 fully saturated rings. The molecule has 0 aliphatic carbocycles. The molecule has 0 aliphatic rings. The highest BCUT2D eigenvalue weighted by Crippen LogP contribution is 2.15. The summed E-state index contributed by atoms with van der Waals surface area (Å²) in [6, 6.07) is 10.7. The van der Waals surface area contributed by atoms with Crippen LogP contribution in [0.4, 0.5) is 0 Å². The Kier molecular flexibility index (Phi) is 9.55. The van der Waals surface area contributed by atoms with Crippen LogP contribution in [0.5, 0.6) is 5.75 Å². The van der Waals surface area contributed by atoms with Crippen molar-refractivity contribution >= 4 is 11.3 Å². The van der Waals surface area contributed by atoms with Gasteiger partial charge >= 0.3 is 11.3 Å². The van der Waals surface area contributed by atoms with Crippen molar-refractivity contribution in [2.45, 2.75) is 41.5 Å². The first-order chi connectivity index (χ1) is 10.6. The minimum atomic E-state index is -1.80. The minimum absolute atomic E-state index is 0.0827. The molecule has 0 amide bonds. The monoisotopic (exact) mass is 321 g/mol. The smallest absolute Gasteiger partial charge is 0.325 e. The van der Waals surface area contributed by atoms with Crippen molar-refractivity contribution in [2.75, 3.05) is 0 Å². The third-order valence-corrected chi connectivity index (χ3v) is 3.53. The molecule has 6 heteroatoms. The molecule has 0 N–H and O–H groups in total. The topological polar surface area (TPSA) is 67.9 Å². The average molecular weight is 321 g/mol. The Morgan fingerprint density at radius 3 is 2.18 bits per heavy atom. The van der Waals surface area contributed by atoms with Crippen molar-refractivity contribution in [3.8, 4) is 11.8 Å². The van der Waals surface area contributed by atoms with Gasteiger partial charge in [-0.25, -0.2) is 8.96 Å². The van der Waals surface area contributed by atoms with E-state index >= 15 is 0 Å². The first-order valence-corrected chi connectivity index (χ1v) is 8.28. The Bertz CT molecular complexity index is 631. The van der Waals surface area contributed by atoms with Crippen LogP contribution in [0.15, 0.2) is 30.3 Å². The van der Waals surface area contributed by atoms with Crippen LogP contribution in [0.3, 0.4) is 0 Å². The first-order valence-electron chi connectivity index (χ1n) is 7.25. The van der Waals surface area contributed by atoms with E-state index in [0.29, 0.717) is 17.1 Å². The number of nitriles is 1. The minimum Gasteiger partial charge on any atom is -0.385 e. The Morgan fingerprint density at radius 1 is 1.14 bits per heavy atom. The zero-order valence-electron chi connectivity index (χ0n) is 14.0. The molecule has 1 aromatic carbocycles. The number of aromatic nitrogens is 2. The van der Waals surface area contributed by atoms with Crippen molar-refractivity contribution in [1.29, 1.82) is 5.26 Å². The van der Waals surface area contributed by atoms with Crippen molar-refractivity contribution in [3.05, 3.63) is 47.5 Å². The molecule has 5 nitrogen and oxygen atoms in total. The number of hydrogen-bond donors (Lipinski definition) is 0. The molecule has 0 bridgehead atoms. The third-order valence-electron chi connectivity index (χ3n) is 2.45. The van der Waals surface area contributed by atoms with E-state index < -0.39 is 11.3 Å². The number of aryl methyl sites for hydroxylation is 1. The van der Waals surface area contributed by atoms with Gasteiger partial charge in [0.05, 0.1) is 11.4 Å². The molecule has 1 heterocycles. The molecule has 0 radical (unpaired) electrons. The second-order valence-corrected chi connectivity index (χ2v) is 4.59. The molecular formula is C16H23N3O2S. The summed E-state index contributed by atoms with van der Waals surface area (Å²) >= 11 is -1.80. The molecule has 2 rings (SSSR count). The van der Waals surface area contributed by atoms with Gasteiger partial charge in [0.25, 0.3) is 0 Å². The summed E-state index contributed by atoms with van der Waals surface area (Å²) in [6.07, 6.45) is 0. The predicted octanol–water partition coefficient (Wildman–Crippen LogP) is 3.93. The normalized spacial score (nSPS) is 10.2. The van der Waals surface area contributed by atoms with E-state index in [1.165, 1.54) is 3.97 Å². The van der Waals surface area contributed by atoms with Crippen molar-refractivity contribution in [2.24, 2.45) is 0 Å². The van der Waals surface area contributed by atoms with Crippen LogP contribution in [0.25, 0.3) is 0 Å². The lowest BCUT2D eigenvalue weighted by atomic mass is 10.3. The number of nitrogens with zero attached hydrogens (tertiary/aromatic N) is 3. The molecule has 0 saturated heterocycles. The molecule has 1 atom stereocenters. The summed E-state index contributed by atoms with van der Waals surface area (Å²) in [4.78, 5) is 4.02. The maximum absolute atomic E-state index is 12.1. The number of imidazole rings is 1. The van der Waals surface area contributed by atoms with Crippen LogP contribution in [-0.2, 0) is 11.3 Å². The fourth-order valence-corrected chi connectivity index (χ4v) is 2.37. The van der Waals surface area contributed by atoms with Crippen molar-refractivity contribution in [3.63, 3.8) is 0 Å². The quantitative estimate of drug-likeness (QED) is 0.859. The number of hydrogen-bond acceptors (Lipinski definition) is 4. The molecule has 2 aromatic rings. The molecule has 1 aromatic heterocycles. The summed E-state index contributed by atoms with van der Waals surface area (Å²) < 4.78 is 18.6. The summed E-state index contributed by atoms with van der Waals surface area (Å²) in [5.74, 6) is 0.560. The Balaban J connectivity index is 0.00000102. The number of benzene rings is 1. The SMILES string of the molecule is CC.CC.Cc1nc(C#N)n(S(=O)Oc2ccccc2)c1C. The number of para-hydroxylation sites is 1. The lowest BCUT2D eigenvalue weighted by molar-refractivity contribution is 0.551.